The molecule has 1 aliphatic rings. The third-order valence-corrected chi connectivity index (χ3v) is 5.53. The zero-order chi connectivity index (χ0) is 20.3. The van der Waals surface area contributed by atoms with Gasteiger partial charge in [0, 0.05) is 29.2 Å². The van der Waals surface area contributed by atoms with Gasteiger partial charge in [-0.1, -0.05) is 18.2 Å². The average Bonchev–Trinajstić information content (AvgIpc) is 3.23. The number of ether oxygens (including phenoxy) is 2. The van der Waals surface area contributed by atoms with E-state index in [9.17, 15) is 0 Å². The smallest absolute Gasteiger partial charge is 0.233 e. The molecular weight excluding hydrogens is 376 g/mol. The van der Waals surface area contributed by atoms with Crippen LogP contribution in [0.4, 0.5) is 0 Å². The minimum Gasteiger partial charge on any atom is -0.497 e. The number of nitrogens with one attached hydrogen (secondary N) is 2. The fraction of sp³-hybridized carbons (Fsp3) is 0.250. The highest BCUT2D eigenvalue weighted by atomic mass is 16.5. The normalized spacial score (nSPS) is 16.5. The van der Waals surface area contributed by atoms with Gasteiger partial charge >= 0.3 is 0 Å². The van der Waals surface area contributed by atoms with Crippen molar-refractivity contribution in [3.8, 4) is 34.0 Å². The molecule has 1 unspecified atom stereocenters. The molecule has 0 amide bonds. The van der Waals surface area contributed by atoms with Crippen LogP contribution >= 0.6 is 0 Å². The summed E-state index contributed by atoms with van der Waals surface area (Å²) >= 11 is 0. The van der Waals surface area contributed by atoms with Crippen LogP contribution in [0.1, 0.15) is 12.8 Å². The Labute approximate surface area is 175 Å². The molecule has 2 aromatic heterocycles. The molecule has 6 heteroatoms. The maximum atomic E-state index is 6.06. The van der Waals surface area contributed by atoms with Crippen molar-refractivity contribution in [2.24, 2.45) is 0 Å². The second-order valence-electron chi connectivity index (χ2n) is 7.52. The molecule has 0 bridgehead atoms. The van der Waals surface area contributed by atoms with E-state index in [1.807, 2.05) is 18.3 Å². The Morgan fingerprint density at radius 1 is 1.03 bits per heavy atom. The van der Waals surface area contributed by atoms with Gasteiger partial charge in [-0.25, -0.2) is 4.98 Å². The van der Waals surface area contributed by atoms with Crippen molar-refractivity contribution >= 4 is 10.9 Å². The van der Waals surface area contributed by atoms with E-state index in [0.717, 1.165) is 65.0 Å². The van der Waals surface area contributed by atoms with Crippen LogP contribution in [0.25, 0.3) is 33.3 Å². The summed E-state index contributed by atoms with van der Waals surface area (Å²) in [4.78, 5) is 12.5. The Morgan fingerprint density at radius 3 is 2.70 bits per heavy atom. The van der Waals surface area contributed by atoms with Crippen LogP contribution in [0.3, 0.4) is 0 Å². The largest absolute Gasteiger partial charge is 0.497 e. The highest BCUT2D eigenvalue weighted by Crippen LogP contribution is 2.32. The summed E-state index contributed by atoms with van der Waals surface area (Å²) < 4.78 is 11.3. The first-order valence-corrected chi connectivity index (χ1v) is 10.3. The van der Waals surface area contributed by atoms with Crippen LogP contribution in [0.15, 0.2) is 61.1 Å². The van der Waals surface area contributed by atoms with Gasteiger partial charge in [0.05, 0.1) is 25.2 Å². The summed E-state index contributed by atoms with van der Waals surface area (Å²) in [7, 11) is 1.68. The predicted octanol–water partition coefficient (Wildman–Crippen LogP) is 4.43. The van der Waals surface area contributed by atoms with E-state index in [2.05, 4.69) is 45.6 Å². The number of hydrogen-bond donors (Lipinski definition) is 2. The first-order valence-electron chi connectivity index (χ1n) is 10.3. The highest BCUT2D eigenvalue weighted by molar-refractivity contribution is 5.97. The van der Waals surface area contributed by atoms with Gasteiger partial charge in [-0.2, -0.15) is 0 Å². The lowest BCUT2D eigenvalue weighted by atomic mass is 10.0. The first kappa shape index (κ1) is 18.6. The summed E-state index contributed by atoms with van der Waals surface area (Å²) in [6.07, 6.45) is 7.77. The highest BCUT2D eigenvalue weighted by Gasteiger charge is 2.16. The fourth-order valence-electron chi connectivity index (χ4n) is 3.92. The number of hydrogen-bond acceptors (Lipinski definition) is 5. The summed E-state index contributed by atoms with van der Waals surface area (Å²) in [5.74, 6) is 1.42. The second kappa shape index (κ2) is 8.16. The van der Waals surface area contributed by atoms with Crippen LogP contribution in [0.2, 0.25) is 0 Å². The Balaban J connectivity index is 1.47. The van der Waals surface area contributed by atoms with Gasteiger partial charge in [-0.05, 0) is 54.8 Å². The number of nitrogens with zero attached hydrogens (tertiary/aromatic N) is 2. The number of H-pyrrole nitrogens is 1. The summed E-state index contributed by atoms with van der Waals surface area (Å²) in [6.45, 7) is 1.90. The monoisotopic (exact) mass is 400 g/mol. The molecule has 0 radical (unpaired) electrons. The van der Waals surface area contributed by atoms with Crippen molar-refractivity contribution in [3.63, 3.8) is 0 Å². The van der Waals surface area contributed by atoms with E-state index in [1.54, 1.807) is 19.5 Å². The fourth-order valence-corrected chi connectivity index (χ4v) is 3.92. The van der Waals surface area contributed by atoms with E-state index < -0.39 is 0 Å². The second-order valence-corrected chi connectivity index (χ2v) is 7.52. The van der Waals surface area contributed by atoms with Crippen molar-refractivity contribution < 1.29 is 9.47 Å². The molecule has 1 fully saturated rings. The maximum absolute atomic E-state index is 6.06. The summed E-state index contributed by atoms with van der Waals surface area (Å²) in [5.41, 5.74) is 5.15. The van der Waals surface area contributed by atoms with Crippen molar-refractivity contribution in [2.75, 3.05) is 20.2 Å². The number of aromatic amines is 1. The molecule has 2 N–H and O–H groups in total. The molecule has 1 aliphatic heterocycles. The third kappa shape index (κ3) is 3.74. The molecule has 3 heterocycles. The molecule has 6 nitrogen and oxygen atoms in total. The molecule has 1 atom stereocenters. The molecule has 2 aromatic carbocycles. The van der Waals surface area contributed by atoms with Crippen molar-refractivity contribution in [2.45, 2.75) is 18.9 Å². The quantitative estimate of drug-likeness (QED) is 0.518. The van der Waals surface area contributed by atoms with Gasteiger partial charge in [0.1, 0.15) is 11.9 Å². The first-order chi connectivity index (χ1) is 14.8. The number of aromatic nitrogens is 3. The Kier molecular flexibility index (Phi) is 5.07. The molecular formula is C24H24N4O2. The van der Waals surface area contributed by atoms with Gasteiger partial charge in [-0.15, -0.1) is 0 Å². The van der Waals surface area contributed by atoms with Crippen LogP contribution in [0.5, 0.6) is 11.6 Å². The van der Waals surface area contributed by atoms with E-state index in [-0.39, 0.29) is 6.10 Å². The van der Waals surface area contributed by atoms with Crippen LogP contribution < -0.4 is 14.8 Å². The standard InChI is InChI=1S/C24H24N4O2/c1-29-18-7-4-16(5-8-18)17-6-9-22-20(11-17)21(13-27-22)23-14-26-15-24(28-23)30-19-3-2-10-25-12-19/h4-9,11,13-15,19,25,27H,2-3,10,12H2,1H3. The van der Waals surface area contributed by atoms with Gasteiger partial charge in [0.25, 0.3) is 0 Å². The van der Waals surface area contributed by atoms with Gasteiger partial charge in [0.15, 0.2) is 0 Å². The molecule has 0 saturated carbocycles. The molecule has 0 aliphatic carbocycles. The summed E-state index contributed by atoms with van der Waals surface area (Å²) in [6, 6.07) is 14.5. The van der Waals surface area contributed by atoms with Crippen molar-refractivity contribution in [3.05, 3.63) is 61.1 Å². The number of rotatable bonds is 5. The van der Waals surface area contributed by atoms with E-state index >= 15 is 0 Å². The SMILES string of the molecule is COc1ccc(-c2ccc3[nH]cc(-c4cncc(OC5CCCNC5)n4)c3c2)cc1. The average molecular weight is 400 g/mol. The number of fused-ring (bicyclic) bond motifs is 1. The number of piperidine rings is 1. The van der Waals surface area contributed by atoms with Crippen LogP contribution in [-0.2, 0) is 0 Å². The van der Waals surface area contributed by atoms with Gasteiger partial charge in [-0.3, -0.25) is 4.98 Å². The zero-order valence-corrected chi connectivity index (χ0v) is 16.9. The molecule has 152 valence electrons. The van der Waals surface area contributed by atoms with Crippen LogP contribution in [-0.4, -0.2) is 41.3 Å². The molecule has 1 saturated heterocycles. The Bertz CT molecular complexity index is 1150. The lowest BCUT2D eigenvalue weighted by Crippen LogP contribution is -2.37. The molecule has 5 rings (SSSR count). The van der Waals surface area contributed by atoms with Crippen molar-refractivity contribution in [1.29, 1.82) is 0 Å². The Hall–Kier alpha value is -3.38. The minimum absolute atomic E-state index is 0.146. The van der Waals surface area contributed by atoms with Crippen LogP contribution in [0, 0.1) is 0 Å². The number of methoxy groups -OCH3 is 1. The Morgan fingerprint density at radius 2 is 1.90 bits per heavy atom. The minimum atomic E-state index is 0.146. The topological polar surface area (TPSA) is 72.1 Å². The van der Waals surface area contributed by atoms with Gasteiger partial charge in [0.2, 0.25) is 5.88 Å². The van der Waals surface area contributed by atoms with Crippen molar-refractivity contribution in [1.82, 2.24) is 20.3 Å². The molecule has 0 spiro atoms. The third-order valence-electron chi connectivity index (χ3n) is 5.53. The molecule has 4 aromatic rings. The van der Waals surface area contributed by atoms with E-state index in [1.165, 1.54) is 0 Å². The zero-order valence-electron chi connectivity index (χ0n) is 16.9. The van der Waals surface area contributed by atoms with E-state index in [4.69, 9.17) is 14.5 Å². The van der Waals surface area contributed by atoms with E-state index in [0.29, 0.717) is 5.88 Å². The maximum Gasteiger partial charge on any atom is 0.233 e. The predicted molar refractivity (Wildman–Crippen MR) is 118 cm³/mol. The summed E-state index contributed by atoms with van der Waals surface area (Å²) in [5, 5.41) is 4.47. The number of benzene rings is 2. The van der Waals surface area contributed by atoms with Gasteiger partial charge < -0.3 is 19.8 Å². The molecule has 30 heavy (non-hydrogen) atoms. The lowest BCUT2D eigenvalue weighted by molar-refractivity contribution is 0.160. The lowest BCUT2D eigenvalue weighted by Gasteiger charge is -2.23.